The predicted molar refractivity (Wildman–Crippen MR) is 73.3 cm³/mol. The summed E-state index contributed by atoms with van der Waals surface area (Å²) in [6.07, 6.45) is 0.238. The van der Waals surface area contributed by atoms with Crippen molar-refractivity contribution in [1.82, 2.24) is 0 Å². The maximum Gasteiger partial charge on any atom is 0.133 e. The highest BCUT2D eigenvalue weighted by Gasteiger charge is 2.05. The van der Waals surface area contributed by atoms with Gasteiger partial charge in [0, 0.05) is 6.04 Å². The Bertz CT molecular complexity index is 353. The second-order valence-corrected chi connectivity index (χ2v) is 5.10. The highest BCUT2D eigenvalue weighted by molar-refractivity contribution is 9.10. The molecule has 0 heterocycles. The van der Waals surface area contributed by atoms with Crippen LogP contribution in [0.25, 0.3) is 0 Å². The molecule has 2 N–H and O–H groups in total. The van der Waals surface area contributed by atoms with Gasteiger partial charge in [0.15, 0.2) is 0 Å². The number of rotatable bonds is 6. The quantitative estimate of drug-likeness (QED) is 0.820. The monoisotopic (exact) mass is 301 g/mol. The van der Waals surface area contributed by atoms with Gasteiger partial charge < -0.3 is 15.2 Å². The summed E-state index contributed by atoms with van der Waals surface area (Å²) in [6.45, 7) is 7.12. The van der Waals surface area contributed by atoms with Gasteiger partial charge in [-0.25, -0.2) is 0 Å². The Hall–Kier alpha value is -0.580. The van der Waals surface area contributed by atoms with Crippen LogP contribution in [0, 0.1) is 0 Å². The second-order valence-electron chi connectivity index (χ2n) is 4.25. The maximum atomic E-state index is 5.81. The van der Waals surface area contributed by atoms with Gasteiger partial charge in [0.2, 0.25) is 0 Å². The number of halogens is 1. The third-order valence-corrected chi connectivity index (χ3v) is 2.89. The van der Waals surface area contributed by atoms with Gasteiger partial charge in [-0.2, -0.15) is 0 Å². The Kier molecular flexibility index (Phi) is 5.95. The molecule has 0 aliphatic heterocycles. The van der Waals surface area contributed by atoms with Crippen LogP contribution in [0.4, 0.5) is 0 Å². The van der Waals surface area contributed by atoms with Gasteiger partial charge in [-0.15, -0.1) is 0 Å². The molecule has 0 saturated carbocycles. The average Bonchev–Trinajstić information content (AvgIpc) is 2.25. The van der Waals surface area contributed by atoms with E-state index >= 15 is 0 Å². The van der Waals surface area contributed by atoms with Crippen molar-refractivity contribution in [2.24, 2.45) is 5.73 Å². The summed E-state index contributed by atoms with van der Waals surface area (Å²) in [5.41, 5.74) is 6.89. The second kappa shape index (κ2) is 6.99. The van der Waals surface area contributed by atoms with Crippen molar-refractivity contribution in [2.75, 3.05) is 13.2 Å². The molecule has 0 aromatic heterocycles. The minimum absolute atomic E-state index is 0.0321. The van der Waals surface area contributed by atoms with Crippen LogP contribution in [0.15, 0.2) is 22.7 Å². The molecule has 1 rings (SSSR count). The molecule has 17 heavy (non-hydrogen) atoms. The summed E-state index contributed by atoms with van der Waals surface area (Å²) in [5.74, 6) is 0.821. The average molecular weight is 302 g/mol. The van der Waals surface area contributed by atoms with Gasteiger partial charge in [0.05, 0.1) is 17.2 Å². The smallest absolute Gasteiger partial charge is 0.133 e. The Morgan fingerprint density at radius 1 is 1.24 bits per heavy atom. The maximum absolute atomic E-state index is 5.81. The molecule has 0 unspecified atom stereocenters. The first-order valence-corrected chi connectivity index (χ1v) is 6.59. The molecule has 1 aromatic carbocycles. The lowest BCUT2D eigenvalue weighted by Gasteiger charge is -2.12. The van der Waals surface area contributed by atoms with E-state index in [1.54, 1.807) is 0 Å². The third-order valence-electron chi connectivity index (χ3n) is 2.27. The van der Waals surface area contributed by atoms with Gasteiger partial charge in [0.25, 0.3) is 0 Å². The topological polar surface area (TPSA) is 44.5 Å². The summed E-state index contributed by atoms with van der Waals surface area (Å²) >= 11 is 3.48. The SMILES string of the molecule is CC(C)OCCOc1ccc([C@@H](C)N)cc1Br. The van der Waals surface area contributed by atoms with Crippen LogP contribution in [0.1, 0.15) is 32.4 Å². The summed E-state index contributed by atoms with van der Waals surface area (Å²) in [6, 6.07) is 5.93. The third kappa shape index (κ3) is 5.06. The first kappa shape index (κ1) is 14.5. The fraction of sp³-hybridized carbons (Fsp3) is 0.538. The van der Waals surface area contributed by atoms with E-state index in [1.807, 2.05) is 39.0 Å². The van der Waals surface area contributed by atoms with Gasteiger partial charge in [-0.3, -0.25) is 0 Å². The molecule has 0 aliphatic rings. The highest BCUT2D eigenvalue weighted by Crippen LogP contribution is 2.27. The lowest BCUT2D eigenvalue weighted by atomic mass is 10.1. The summed E-state index contributed by atoms with van der Waals surface area (Å²) in [5, 5.41) is 0. The number of ether oxygens (including phenoxy) is 2. The van der Waals surface area contributed by atoms with E-state index in [0.717, 1.165) is 15.8 Å². The molecule has 96 valence electrons. The zero-order valence-electron chi connectivity index (χ0n) is 10.6. The number of nitrogens with two attached hydrogens (primary N) is 1. The van der Waals surface area contributed by atoms with Crippen LogP contribution >= 0.6 is 15.9 Å². The molecule has 0 saturated heterocycles. The first-order chi connectivity index (χ1) is 8.00. The van der Waals surface area contributed by atoms with Crippen molar-refractivity contribution < 1.29 is 9.47 Å². The molecule has 0 amide bonds. The minimum Gasteiger partial charge on any atom is -0.490 e. The van der Waals surface area contributed by atoms with Gasteiger partial charge in [-0.1, -0.05) is 6.07 Å². The fourth-order valence-corrected chi connectivity index (χ4v) is 1.86. The van der Waals surface area contributed by atoms with E-state index in [2.05, 4.69) is 15.9 Å². The Morgan fingerprint density at radius 2 is 1.94 bits per heavy atom. The Labute approximate surface area is 111 Å². The molecular weight excluding hydrogens is 282 g/mol. The van der Waals surface area contributed by atoms with E-state index in [1.165, 1.54) is 0 Å². The van der Waals surface area contributed by atoms with Gasteiger partial charge in [-0.05, 0) is 54.4 Å². The zero-order chi connectivity index (χ0) is 12.8. The largest absolute Gasteiger partial charge is 0.490 e. The molecule has 1 atom stereocenters. The van der Waals surface area contributed by atoms with Crippen LogP contribution in [0.3, 0.4) is 0 Å². The lowest BCUT2D eigenvalue weighted by molar-refractivity contribution is 0.0551. The van der Waals surface area contributed by atoms with E-state index < -0.39 is 0 Å². The molecule has 3 nitrogen and oxygen atoms in total. The molecule has 0 spiro atoms. The fourth-order valence-electron chi connectivity index (χ4n) is 1.35. The van der Waals surface area contributed by atoms with E-state index in [4.69, 9.17) is 15.2 Å². The number of hydrogen-bond donors (Lipinski definition) is 1. The molecular formula is C13H20BrNO2. The van der Waals surface area contributed by atoms with E-state index in [9.17, 15) is 0 Å². The Morgan fingerprint density at radius 3 is 2.47 bits per heavy atom. The molecule has 0 fully saturated rings. The van der Waals surface area contributed by atoms with Crippen molar-refractivity contribution >= 4 is 15.9 Å². The Balaban J connectivity index is 2.49. The van der Waals surface area contributed by atoms with Crippen molar-refractivity contribution in [3.05, 3.63) is 28.2 Å². The molecule has 1 aromatic rings. The normalized spacial score (nSPS) is 12.8. The van der Waals surface area contributed by atoms with Gasteiger partial charge in [0.1, 0.15) is 12.4 Å². The van der Waals surface area contributed by atoms with Crippen LogP contribution in [0.5, 0.6) is 5.75 Å². The first-order valence-electron chi connectivity index (χ1n) is 5.80. The van der Waals surface area contributed by atoms with Crippen LogP contribution in [0.2, 0.25) is 0 Å². The van der Waals surface area contributed by atoms with Crippen molar-refractivity contribution in [2.45, 2.75) is 32.9 Å². The molecule has 0 bridgehead atoms. The predicted octanol–water partition coefficient (Wildman–Crippen LogP) is 3.27. The van der Waals surface area contributed by atoms with Crippen LogP contribution in [-0.2, 0) is 4.74 Å². The summed E-state index contributed by atoms with van der Waals surface area (Å²) < 4.78 is 11.9. The van der Waals surface area contributed by atoms with E-state index in [0.29, 0.717) is 13.2 Å². The van der Waals surface area contributed by atoms with Crippen molar-refractivity contribution in [3.63, 3.8) is 0 Å². The number of hydrogen-bond acceptors (Lipinski definition) is 3. The minimum atomic E-state index is 0.0321. The molecule has 4 heteroatoms. The van der Waals surface area contributed by atoms with Crippen molar-refractivity contribution in [1.29, 1.82) is 0 Å². The standard InChI is InChI=1S/C13H20BrNO2/c1-9(2)16-6-7-17-13-5-4-11(10(3)15)8-12(13)14/h4-5,8-10H,6-7,15H2,1-3H3/t10-/m1/s1. The van der Waals surface area contributed by atoms with Gasteiger partial charge >= 0.3 is 0 Å². The van der Waals surface area contributed by atoms with Crippen LogP contribution in [-0.4, -0.2) is 19.3 Å². The summed E-state index contributed by atoms with van der Waals surface area (Å²) in [7, 11) is 0. The lowest BCUT2D eigenvalue weighted by Crippen LogP contribution is -2.11. The molecule has 0 aliphatic carbocycles. The number of benzene rings is 1. The van der Waals surface area contributed by atoms with E-state index in [-0.39, 0.29) is 12.1 Å². The van der Waals surface area contributed by atoms with Crippen molar-refractivity contribution in [3.8, 4) is 5.75 Å². The molecule has 0 radical (unpaired) electrons. The highest BCUT2D eigenvalue weighted by atomic mass is 79.9. The van der Waals surface area contributed by atoms with Crippen LogP contribution < -0.4 is 10.5 Å². The zero-order valence-corrected chi connectivity index (χ0v) is 12.2. The summed E-state index contributed by atoms with van der Waals surface area (Å²) in [4.78, 5) is 0.